The van der Waals surface area contributed by atoms with Crippen LogP contribution >= 0.6 is 0 Å². The summed E-state index contributed by atoms with van der Waals surface area (Å²) in [6, 6.07) is 12.3. The molecule has 3 rings (SSSR count). The van der Waals surface area contributed by atoms with Crippen LogP contribution in [0.25, 0.3) is 22.2 Å². The van der Waals surface area contributed by atoms with E-state index in [0.717, 1.165) is 22.5 Å². The summed E-state index contributed by atoms with van der Waals surface area (Å²) in [7, 11) is 0. The van der Waals surface area contributed by atoms with Crippen molar-refractivity contribution in [1.29, 1.82) is 0 Å². The molecule has 0 amide bonds. The molecule has 0 radical (unpaired) electrons. The van der Waals surface area contributed by atoms with Gasteiger partial charge in [-0.15, -0.1) is 0 Å². The van der Waals surface area contributed by atoms with Crippen molar-refractivity contribution >= 4 is 10.9 Å². The molecule has 0 spiro atoms. The van der Waals surface area contributed by atoms with E-state index in [4.69, 9.17) is 4.98 Å². The minimum absolute atomic E-state index is 0.996. The second-order valence-electron chi connectivity index (χ2n) is 4.88. The van der Waals surface area contributed by atoms with Gasteiger partial charge in [-0.05, 0) is 50.1 Å². The van der Waals surface area contributed by atoms with Gasteiger partial charge in [0, 0.05) is 22.8 Å². The van der Waals surface area contributed by atoms with Gasteiger partial charge in [0.25, 0.3) is 0 Å². The van der Waals surface area contributed by atoms with Crippen LogP contribution in [0.5, 0.6) is 0 Å². The summed E-state index contributed by atoms with van der Waals surface area (Å²) in [6.45, 7) is 6.35. The number of hydrogen-bond donors (Lipinski definition) is 0. The minimum atomic E-state index is 0.996. The van der Waals surface area contributed by atoms with Crippen LogP contribution in [0.3, 0.4) is 0 Å². The summed E-state index contributed by atoms with van der Waals surface area (Å²) < 4.78 is 0. The number of pyridine rings is 2. The number of nitrogens with zero attached hydrogens (tertiary/aromatic N) is 2. The topological polar surface area (TPSA) is 25.8 Å². The highest BCUT2D eigenvalue weighted by molar-refractivity contribution is 5.91. The fourth-order valence-electron chi connectivity index (χ4n) is 2.75. The Morgan fingerprint density at radius 1 is 0.895 bits per heavy atom. The van der Waals surface area contributed by atoms with E-state index in [1.54, 1.807) is 0 Å². The van der Waals surface area contributed by atoms with Crippen molar-refractivity contribution < 1.29 is 0 Å². The van der Waals surface area contributed by atoms with Gasteiger partial charge >= 0.3 is 0 Å². The first kappa shape index (κ1) is 11.8. The van der Waals surface area contributed by atoms with Crippen molar-refractivity contribution in [3.63, 3.8) is 0 Å². The van der Waals surface area contributed by atoms with Crippen LogP contribution in [-0.4, -0.2) is 9.97 Å². The maximum atomic E-state index is 4.73. The van der Waals surface area contributed by atoms with Gasteiger partial charge in [-0.2, -0.15) is 0 Å². The third-order valence-corrected chi connectivity index (χ3v) is 3.57. The molecule has 2 heteroatoms. The quantitative estimate of drug-likeness (QED) is 0.644. The zero-order valence-electron chi connectivity index (χ0n) is 11.4. The lowest BCUT2D eigenvalue weighted by Crippen LogP contribution is -1.97. The lowest BCUT2D eigenvalue weighted by Gasteiger charge is -2.13. The Kier molecular flexibility index (Phi) is 2.79. The molecule has 3 aromatic rings. The summed E-state index contributed by atoms with van der Waals surface area (Å²) in [5, 5.41) is 1.24. The van der Waals surface area contributed by atoms with E-state index in [2.05, 4.69) is 44.0 Å². The zero-order valence-corrected chi connectivity index (χ0v) is 11.4. The van der Waals surface area contributed by atoms with Crippen molar-refractivity contribution in [2.75, 3.05) is 0 Å². The van der Waals surface area contributed by atoms with Crippen molar-refractivity contribution in [1.82, 2.24) is 9.97 Å². The van der Waals surface area contributed by atoms with E-state index >= 15 is 0 Å². The van der Waals surface area contributed by atoms with Crippen molar-refractivity contribution in [2.24, 2.45) is 0 Å². The highest BCUT2D eigenvalue weighted by Gasteiger charge is 2.12. The molecule has 0 atom stereocenters. The highest BCUT2D eigenvalue weighted by atomic mass is 14.7. The Labute approximate surface area is 113 Å². The largest absolute Gasteiger partial charge is 0.256 e. The van der Waals surface area contributed by atoms with Gasteiger partial charge in [-0.3, -0.25) is 9.97 Å². The zero-order chi connectivity index (χ0) is 13.4. The Morgan fingerprint density at radius 2 is 1.74 bits per heavy atom. The molecule has 0 saturated heterocycles. The smallest absolute Gasteiger partial charge is 0.0723 e. The summed E-state index contributed by atoms with van der Waals surface area (Å²) in [5.41, 5.74) is 6.78. The van der Waals surface area contributed by atoms with Crippen LogP contribution in [0, 0.1) is 20.8 Å². The molecule has 19 heavy (non-hydrogen) atoms. The Balaban J connectivity index is 2.41. The van der Waals surface area contributed by atoms with E-state index in [0.29, 0.717) is 0 Å². The molecule has 2 heterocycles. The van der Waals surface area contributed by atoms with E-state index < -0.39 is 0 Å². The number of fused-ring (bicyclic) bond motifs is 1. The van der Waals surface area contributed by atoms with E-state index in [-0.39, 0.29) is 0 Å². The second-order valence-corrected chi connectivity index (χ2v) is 4.88. The monoisotopic (exact) mass is 248 g/mol. The SMILES string of the molecule is Cc1nc2cccc(C)c2c(C)c1-c1ccccn1. The number of benzene rings is 1. The van der Waals surface area contributed by atoms with Crippen LogP contribution in [0.1, 0.15) is 16.8 Å². The van der Waals surface area contributed by atoms with Gasteiger partial charge in [-0.1, -0.05) is 18.2 Å². The predicted molar refractivity (Wildman–Crippen MR) is 79.2 cm³/mol. The number of aromatic nitrogens is 2. The number of hydrogen-bond acceptors (Lipinski definition) is 2. The maximum Gasteiger partial charge on any atom is 0.0723 e. The first-order chi connectivity index (χ1) is 9.18. The first-order valence-corrected chi connectivity index (χ1v) is 6.46. The van der Waals surface area contributed by atoms with E-state index in [1.165, 1.54) is 16.5 Å². The van der Waals surface area contributed by atoms with Crippen LogP contribution in [0.4, 0.5) is 0 Å². The number of aryl methyl sites for hydroxylation is 3. The van der Waals surface area contributed by atoms with Gasteiger partial charge in [0.05, 0.1) is 11.2 Å². The van der Waals surface area contributed by atoms with E-state index in [1.807, 2.05) is 24.4 Å². The molecule has 94 valence electrons. The standard InChI is InChI=1S/C17H16N2/c1-11-7-6-9-15-16(11)12(2)17(13(3)19-15)14-8-4-5-10-18-14/h4-10H,1-3H3. The molecule has 2 aromatic heterocycles. The van der Waals surface area contributed by atoms with Crippen molar-refractivity contribution in [2.45, 2.75) is 20.8 Å². The molecule has 0 unspecified atom stereocenters. The molecule has 0 aliphatic carbocycles. The van der Waals surface area contributed by atoms with Crippen LogP contribution in [0.2, 0.25) is 0 Å². The van der Waals surface area contributed by atoms with Gasteiger partial charge in [0.1, 0.15) is 0 Å². The molecular weight excluding hydrogens is 232 g/mol. The van der Waals surface area contributed by atoms with Crippen LogP contribution in [-0.2, 0) is 0 Å². The Bertz CT molecular complexity index is 746. The third kappa shape index (κ3) is 1.89. The molecule has 0 saturated carbocycles. The number of rotatable bonds is 1. The normalized spacial score (nSPS) is 10.9. The molecule has 1 aromatic carbocycles. The molecule has 0 aliphatic rings. The predicted octanol–water partition coefficient (Wildman–Crippen LogP) is 4.22. The van der Waals surface area contributed by atoms with Gasteiger partial charge in [0.15, 0.2) is 0 Å². The average Bonchev–Trinajstić information content (AvgIpc) is 2.39. The van der Waals surface area contributed by atoms with Crippen LogP contribution < -0.4 is 0 Å². The minimum Gasteiger partial charge on any atom is -0.256 e. The second kappa shape index (κ2) is 4.47. The summed E-state index contributed by atoms with van der Waals surface area (Å²) in [5.74, 6) is 0. The summed E-state index contributed by atoms with van der Waals surface area (Å²) in [4.78, 5) is 9.20. The average molecular weight is 248 g/mol. The van der Waals surface area contributed by atoms with Gasteiger partial charge in [-0.25, -0.2) is 0 Å². The molecule has 0 N–H and O–H groups in total. The van der Waals surface area contributed by atoms with E-state index in [9.17, 15) is 0 Å². The van der Waals surface area contributed by atoms with Crippen molar-refractivity contribution in [3.8, 4) is 11.3 Å². The van der Waals surface area contributed by atoms with Crippen molar-refractivity contribution in [3.05, 3.63) is 59.4 Å². The molecular formula is C17H16N2. The lowest BCUT2D eigenvalue weighted by atomic mass is 9.96. The summed E-state index contributed by atoms with van der Waals surface area (Å²) in [6.07, 6.45) is 1.83. The molecule has 0 aliphatic heterocycles. The summed E-state index contributed by atoms with van der Waals surface area (Å²) >= 11 is 0. The fraction of sp³-hybridized carbons (Fsp3) is 0.176. The Morgan fingerprint density at radius 3 is 2.47 bits per heavy atom. The third-order valence-electron chi connectivity index (χ3n) is 3.57. The molecule has 2 nitrogen and oxygen atoms in total. The highest BCUT2D eigenvalue weighted by Crippen LogP contribution is 2.31. The van der Waals surface area contributed by atoms with Crippen LogP contribution in [0.15, 0.2) is 42.6 Å². The fourth-order valence-corrected chi connectivity index (χ4v) is 2.75. The van der Waals surface area contributed by atoms with Gasteiger partial charge in [0.2, 0.25) is 0 Å². The van der Waals surface area contributed by atoms with Gasteiger partial charge < -0.3 is 0 Å². The lowest BCUT2D eigenvalue weighted by molar-refractivity contribution is 1.20. The Hall–Kier alpha value is -2.22. The maximum absolute atomic E-state index is 4.73. The molecule has 0 fully saturated rings. The first-order valence-electron chi connectivity index (χ1n) is 6.46. The molecule has 0 bridgehead atoms.